The van der Waals surface area contributed by atoms with Gasteiger partial charge < -0.3 is 5.32 Å². The number of carbonyl (C=O) groups is 1. The first kappa shape index (κ1) is 22.0. The van der Waals surface area contributed by atoms with Gasteiger partial charge in [0, 0.05) is 26.2 Å². The van der Waals surface area contributed by atoms with Crippen LogP contribution in [0, 0.1) is 5.92 Å². The summed E-state index contributed by atoms with van der Waals surface area (Å²) in [6.45, 7) is 4.35. The molecule has 166 valence electrons. The Morgan fingerprint density at radius 3 is 2.32 bits per heavy atom. The third kappa shape index (κ3) is 5.34. The topological polar surface area (TPSA) is 69.7 Å². The van der Waals surface area contributed by atoms with Crippen LogP contribution in [0.5, 0.6) is 0 Å². The zero-order chi connectivity index (χ0) is 21.7. The van der Waals surface area contributed by atoms with E-state index in [9.17, 15) is 13.2 Å². The van der Waals surface area contributed by atoms with Crippen molar-refractivity contribution in [2.24, 2.45) is 5.92 Å². The Hall–Kier alpha value is -2.22. The molecule has 2 aromatic rings. The first-order valence-electron chi connectivity index (χ1n) is 11.2. The highest BCUT2D eigenvalue weighted by Gasteiger charge is 2.33. The van der Waals surface area contributed by atoms with Crippen molar-refractivity contribution in [2.75, 3.05) is 26.2 Å². The number of benzene rings is 2. The number of amides is 1. The molecular formula is C24H31N3O3S. The van der Waals surface area contributed by atoms with E-state index in [2.05, 4.69) is 22.3 Å². The van der Waals surface area contributed by atoms with Crippen LogP contribution in [-0.4, -0.2) is 49.7 Å². The van der Waals surface area contributed by atoms with E-state index in [0.717, 1.165) is 25.2 Å². The standard InChI is InChI=1S/C24H31N3O3S/c28-24(25-17-20-9-4-5-10-21(20)18-26-14-6-7-15-26)22-11-8-16-27(19-22)31(29,30)23-12-2-1-3-13-23/h1-5,9-10,12-13,22H,6-8,11,14-19H2,(H,25,28)/t22-/m1/s1. The molecule has 0 unspecified atom stereocenters. The van der Waals surface area contributed by atoms with Crippen molar-refractivity contribution >= 4 is 15.9 Å². The van der Waals surface area contributed by atoms with Crippen molar-refractivity contribution in [2.45, 2.75) is 43.7 Å². The smallest absolute Gasteiger partial charge is 0.243 e. The fourth-order valence-electron chi connectivity index (χ4n) is 4.51. The van der Waals surface area contributed by atoms with E-state index in [1.807, 2.05) is 12.1 Å². The Kier molecular flexibility index (Phi) is 7.05. The lowest BCUT2D eigenvalue weighted by molar-refractivity contribution is -0.126. The number of rotatable bonds is 7. The molecule has 31 heavy (non-hydrogen) atoms. The van der Waals surface area contributed by atoms with Gasteiger partial charge in [0.2, 0.25) is 15.9 Å². The predicted molar refractivity (Wildman–Crippen MR) is 121 cm³/mol. The molecule has 2 aromatic carbocycles. The minimum absolute atomic E-state index is 0.0658. The van der Waals surface area contributed by atoms with Gasteiger partial charge in [-0.05, 0) is 62.0 Å². The zero-order valence-corrected chi connectivity index (χ0v) is 18.7. The molecule has 0 radical (unpaired) electrons. The summed E-state index contributed by atoms with van der Waals surface area (Å²) < 4.78 is 27.3. The number of nitrogens with zero attached hydrogens (tertiary/aromatic N) is 2. The summed E-state index contributed by atoms with van der Waals surface area (Å²) in [6, 6.07) is 16.7. The molecule has 0 aromatic heterocycles. The second-order valence-corrected chi connectivity index (χ2v) is 10.4. The maximum absolute atomic E-state index is 12.9. The van der Waals surface area contributed by atoms with Crippen LogP contribution in [0.15, 0.2) is 59.5 Å². The van der Waals surface area contributed by atoms with Crippen LogP contribution in [0.3, 0.4) is 0 Å². The number of hydrogen-bond acceptors (Lipinski definition) is 4. The van der Waals surface area contributed by atoms with Gasteiger partial charge in [-0.25, -0.2) is 8.42 Å². The molecule has 4 rings (SSSR count). The lowest BCUT2D eigenvalue weighted by Gasteiger charge is -2.31. The maximum atomic E-state index is 12.9. The predicted octanol–water partition coefficient (Wildman–Crippen LogP) is 3.00. The zero-order valence-electron chi connectivity index (χ0n) is 17.9. The Morgan fingerprint density at radius 2 is 1.58 bits per heavy atom. The first-order chi connectivity index (χ1) is 15.0. The third-order valence-corrected chi connectivity index (χ3v) is 8.18. The summed E-state index contributed by atoms with van der Waals surface area (Å²) in [5, 5.41) is 3.07. The van der Waals surface area contributed by atoms with Crippen LogP contribution in [-0.2, 0) is 27.9 Å². The molecule has 0 aliphatic carbocycles. The summed E-state index contributed by atoms with van der Waals surface area (Å²) in [4.78, 5) is 15.6. The lowest BCUT2D eigenvalue weighted by Crippen LogP contribution is -2.45. The number of carbonyl (C=O) groups excluding carboxylic acids is 1. The van der Waals surface area contributed by atoms with Crippen molar-refractivity contribution in [3.05, 3.63) is 65.7 Å². The van der Waals surface area contributed by atoms with Crippen LogP contribution in [0.4, 0.5) is 0 Å². The first-order valence-corrected chi connectivity index (χ1v) is 12.6. The van der Waals surface area contributed by atoms with Gasteiger partial charge in [0.25, 0.3) is 0 Å². The van der Waals surface area contributed by atoms with E-state index < -0.39 is 10.0 Å². The molecule has 0 saturated carbocycles. The van der Waals surface area contributed by atoms with E-state index >= 15 is 0 Å². The Bertz CT molecular complexity index is 988. The van der Waals surface area contributed by atoms with Crippen LogP contribution in [0.25, 0.3) is 0 Å². The quantitative estimate of drug-likeness (QED) is 0.717. The number of hydrogen-bond donors (Lipinski definition) is 1. The van der Waals surface area contributed by atoms with Crippen LogP contribution >= 0.6 is 0 Å². The molecular weight excluding hydrogens is 410 g/mol. The van der Waals surface area contributed by atoms with Crippen molar-refractivity contribution in [3.63, 3.8) is 0 Å². The average Bonchev–Trinajstić information content (AvgIpc) is 3.32. The van der Waals surface area contributed by atoms with Gasteiger partial charge >= 0.3 is 0 Å². The maximum Gasteiger partial charge on any atom is 0.243 e. The lowest BCUT2D eigenvalue weighted by atomic mass is 9.98. The summed E-state index contributed by atoms with van der Waals surface area (Å²) in [7, 11) is -3.57. The van der Waals surface area contributed by atoms with Crippen molar-refractivity contribution in [1.29, 1.82) is 0 Å². The molecule has 1 amide bonds. The molecule has 2 heterocycles. The summed E-state index contributed by atoms with van der Waals surface area (Å²) in [5.41, 5.74) is 2.38. The molecule has 1 N–H and O–H groups in total. The molecule has 0 bridgehead atoms. The van der Waals surface area contributed by atoms with E-state index in [4.69, 9.17) is 0 Å². The average molecular weight is 442 g/mol. The molecule has 2 aliphatic rings. The molecule has 1 atom stereocenters. The fraction of sp³-hybridized carbons (Fsp3) is 0.458. The van der Waals surface area contributed by atoms with E-state index in [1.165, 1.54) is 22.7 Å². The Morgan fingerprint density at radius 1 is 0.903 bits per heavy atom. The van der Waals surface area contributed by atoms with Crippen LogP contribution < -0.4 is 5.32 Å². The molecule has 0 spiro atoms. The largest absolute Gasteiger partial charge is 0.352 e. The second-order valence-electron chi connectivity index (χ2n) is 8.49. The number of piperidine rings is 1. The number of likely N-dealkylation sites (tertiary alicyclic amines) is 1. The van der Waals surface area contributed by atoms with Gasteiger partial charge in [-0.1, -0.05) is 42.5 Å². The van der Waals surface area contributed by atoms with Crippen molar-refractivity contribution in [3.8, 4) is 0 Å². The van der Waals surface area contributed by atoms with Gasteiger partial charge in [-0.3, -0.25) is 9.69 Å². The molecule has 6 nitrogen and oxygen atoms in total. The van der Waals surface area contributed by atoms with E-state index in [1.54, 1.807) is 30.3 Å². The van der Waals surface area contributed by atoms with Gasteiger partial charge in [0.1, 0.15) is 0 Å². The highest BCUT2D eigenvalue weighted by molar-refractivity contribution is 7.89. The van der Waals surface area contributed by atoms with Crippen LogP contribution in [0.1, 0.15) is 36.8 Å². The van der Waals surface area contributed by atoms with Crippen molar-refractivity contribution < 1.29 is 13.2 Å². The van der Waals surface area contributed by atoms with E-state index in [0.29, 0.717) is 25.9 Å². The SMILES string of the molecule is O=C(NCc1ccccc1CN1CCCC1)[C@@H]1CCCN(S(=O)(=O)c2ccccc2)C1. The molecule has 7 heteroatoms. The summed E-state index contributed by atoms with van der Waals surface area (Å²) in [5.74, 6) is -0.387. The molecule has 2 aliphatic heterocycles. The molecule has 2 saturated heterocycles. The summed E-state index contributed by atoms with van der Waals surface area (Å²) in [6.07, 6.45) is 3.91. The van der Waals surface area contributed by atoms with E-state index in [-0.39, 0.29) is 23.3 Å². The van der Waals surface area contributed by atoms with Gasteiger partial charge in [0.15, 0.2) is 0 Å². The Labute approximate surface area is 185 Å². The van der Waals surface area contributed by atoms with Gasteiger partial charge in [-0.2, -0.15) is 4.31 Å². The number of sulfonamides is 1. The van der Waals surface area contributed by atoms with Gasteiger partial charge in [0.05, 0.1) is 10.8 Å². The monoisotopic (exact) mass is 441 g/mol. The van der Waals surface area contributed by atoms with Crippen LogP contribution in [0.2, 0.25) is 0 Å². The third-order valence-electron chi connectivity index (χ3n) is 6.30. The number of nitrogens with one attached hydrogen (secondary N) is 1. The van der Waals surface area contributed by atoms with Gasteiger partial charge in [-0.15, -0.1) is 0 Å². The fourth-order valence-corrected chi connectivity index (χ4v) is 6.05. The second kappa shape index (κ2) is 9.94. The normalized spacial score (nSPS) is 20.6. The summed E-state index contributed by atoms with van der Waals surface area (Å²) >= 11 is 0. The highest BCUT2D eigenvalue weighted by atomic mass is 32.2. The highest BCUT2D eigenvalue weighted by Crippen LogP contribution is 2.24. The minimum Gasteiger partial charge on any atom is -0.352 e. The molecule has 2 fully saturated rings. The Balaban J connectivity index is 1.37. The van der Waals surface area contributed by atoms with Crippen molar-refractivity contribution in [1.82, 2.24) is 14.5 Å². The minimum atomic E-state index is -3.57.